The molecule has 3 N–H and O–H groups in total. The SMILES string of the molecule is CC.O=C([O-])CC(OS(=O)(=O)O)(C(=O)OOS(=O)(=O)O)S(=O)(=O)O.[Na+]. The van der Waals surface area contributed by atoms with Crippen LogP contribution in [0, 0.1) is 0 Å². The Morgan fingerprint density at radius 3 is 1.60 bits per heavy atom. The van der Waals surface area contributed by atoms with Crippen LogP contribution in [0.2, 0.25) is 0 Å². The molecule has 0 heterocycles. The van der Waals surface area contributed by atoms with Crippen LogP contribution in [0.1, 0.15) is 20.3 Å². The van der Waals surface area contributed by atoms with Gasteiger partial charge in [-0.3, -0.25) is 18.5 Å². The minimum absolute atomic E-state index is 0. The van der Waals surface area contributed by atoms with Gasteiger partial charge in [0.15, 0.2) is 0 Å². The van der Waals surface area contributed by atoms with Crippen molar-refractivity contribution in [1.29, 1.82) is 0 Å². The molecule has 0 fully saturated rings. The zero-order valence-electron chi connectivity index (χ0n) is 12.7. The summed E-state index contributed by atoms with van der Waals surface area (Å²) < 4.78 is 94.7. The van der Waals surface area contributed by atoms with Crippen molar-refractivity contribution in [3.63, 3.8) is 0 Å². The Morgan fingerprint density at radius 2 is 1.36 bits per heavy atom. The largest absolute Gasteiger partial charge is 1.00 e. The summed E-state index contributed by atoms with van der Waals surface area (Å²) in [6, 6.07) is 0. The van der Waals surface area contributed by atoms with Crippen LogP contribution in [0.15, 0.2) is 0 Å². The molecule has 0 amide bonds. The molecule has 0 aliphatic heterocycles. The Balaban J connectivity index is -0.00000155. The van der Waals surface area contributed by atoms with Gasteiger partial charge in [0, 0.05) is 12.4 Å². The van der Waals surface area contributed by atoms with Crippen molar-refractivity contribution in [1.82, 2.24) is 0 Å². The molecule has 0 rings (SSSR count). The Labute approximate surface area is 164 Å². The predicted octanol–water partition coefficient (Wildman–Crippen LogP) is -6.16. The summed E-state index contributed by atoms with van der Waals surface area (Å²) >= 11 is 0. The maximum absolute atomic E-state index is 11.3. The summed E-state index contributed by atoms with van der Waals surface area (Å²) in [5.74, 6) is -5.32. The molecule has 15 nitrogen and oxygen atoms in total. The van der Waals surface area contributed by atoms with E-state index in [1.807, 2.05) is 13.8 Å². The molecule has 0 spiro atoms. The van der Waals surface area contributed by atoms with Crippen molar-refractivity contribution in [2.24, 2.45) is 0 Å². The molecule has 0 aromatic rings. The number of carbonyl (C=O) groups excluding carboxylic acids is 2. The van der Waals surface area contributed by atoms with Crippen LogP contribution in [-0.2, 0) is 53.9 Å². The molecule has 0 aliphatic rings. The smallest absolute Gasteiger partial charge is 0.550 e. The van der Waals surface area contributed by atoms with E-state index in [-0.39, 0.29) is 29.6 Å². The summed E-state index contributed by atoms with van der Waals surface area (Å²) in [6.07, 6.45) is -2.28. The standard InChI is InChI=1S/C4H6O15S3.C2H6.Na/c5-2(6)1-4(20(8,9)10,18-21(11,12)13)3(7)17-19-22(14,15)16;1-2;/h1H2,(H,5,6)(H,8,9,10)(H,11,12,13)(H,14,15,16);1-2H3;/q;;+1/p-1. The van der Waals surface area contributed by atoms with Gasteiger partial charge in [-0.1, -0.05) is 13.8 Å². The molecule has 19 heteroatoms. The van der Waals surface area contributed by atoms with Gasteiger partial charge < -0.3 is 9.90 Å². The third-order valence-corrected chi connectivity index (χ3v) is 3.61. The number of carboxylic acids is 1. The molecule has 0 bridgehead atoms. The Hall–Kier alpha value is -0.410. The van der Waals surface area contributed by atoms with Gasteiger partial charge in [-0.05, 0) is 4.33 Å². The fourth-order valence-corrected chi connectivity index (χ4v) is 2.63. The van der Waals surface area contributed by atoms with Crippen LogP contribution in [0.3, 0.4) is 0 Å². The first-order valence-electron chi connectivity index (χ1n) is 5.23. The van der Waals surface area contributed by atoms with Crippen molar-refractivity contribution in [3.8, 4) is 0 Å². The van der Waals surface area contributed by atoms with Crippen LogP contribution in [0.4, 0.5) is 0 Å². The van der Waals surface area contributed by atoms with Crippen LogP contribution in [0.25, 0.3) is 0 Å². The van der Waals surface area contributed by atoms with E-state index in [0.29, 0.717) is 0 Å². The molecule has 25 heavy (non-hydrogen) atoms. The number of aliphatic carboxylic acids is 1. The van der Waals surface area contributed by atoms with Crippen molar-refractivity contribution < 1.29 is 96.6 Å². The van der Waals surface area contributed by atoms with Crippen molar-refractivity contribution in [3.05, 3.63) is 0 Å². The number of carbonyl (C=O) groups is 2. The van der Waals surface area contributed by atoms with E-state index < -0.39 is 54.2 Å². The van der Waals surface area contributed by atoms with Crippen LogP contribution < -0.4 is 34.7 Å². The first-order chi connectivity index (χ1) is 10.5. The monoisotopic (exact) mass is 442 g/mol. The van der Waals surface area contributed by atoms with E-state index in [0.717, 1.165) is 0 Å². The number of carboxylic acid groups (broad SMARTS) is 1. The van der Waals surface area contributed by atoms with Gasteiger partial charge >= 0.3 is 71.4 Å². The van der Waals surface area contributed by atoms with Gasteiger partial charge in [-0.2, -0.15) is 25.3 Å². The molecular weight excluding hydrogens is 431 g/mol. The molecule has 0 saturated carbocycles. The van der Waals surface area contributed by atoms with Crippen LogP contribution in [-0.4, -0.2) is 55.8 Å². The fourth-order valence-electron chi connectivity index (χ4n) is 0.873. The van der Waals surface area contributed by atoms with E-state index in [9.17, 15) is 39.9 Å². The van der Waals surface area contributed by atoms with E-state index in [1.165, 1.54) is 0 Å². The zero-order valence-corrected chi connectivity index (χ0v) is 17.1. The van der Waals surface area contributed by atoms with Crippen LogP contribution in [0.5, 0.6) is 0 Å². The average molecular weight is 442 g/mol. The van der Waals surface area contributed by atoms with Gasteiger partial charge in [0.05, 0.1) is 0 Å². The molecule has 0 radical (unpaired) electrons. The fraction of sp³-hybridized carbons (Fsp3) is 0.667. The van der Waals surface area contributed by atoms with E-state index >= 15 is 0 Å². The molecule has 144 valence electrons. The number of hydrogen-bond acceptors (Lipinski definition) is 12. The molecule has 0 aromatic heterocycles. The second kappa shape index (κ2) is 10.7. The second-order valence-corrected chi connectivity index (χ2v) is 6.78. The third-order valence-electron chi connectivity index (χ3n) is 1.54. The predicted molar refractivity (Wildman–Crippen MR) is 66.6 cm³/mol. The van der Waals surface area contributed by atoms with Crippen molar-refractivity contribution in [2.75, 3.05) is 0 Å². The van der Waals surface area contributed by atoms with Crippen molar-refractivity contribution in [2.45, 2.75) is 25.2 Å². The summed E-state index contributed by atoms with van der Waals surface area (Å²) in [6.45, 7) is 4.00. The Morgan fingerprint density at radius 1 is 0.960 bits per heavy atom. The molecular formula is C6H11NaO15S3. The summed E-state index contributed by atoms with van der Waals surface area (Å²) in [5.41, 5.74) is 0. The second-order valence-electron chi connectivity index (χ2n) is 3.15. The topological polar surface area (TPSA) is 248 Å². The van der Waals surface area contributed by atoms with Gasteiger partial charge in [0.25, 0.3) is 0 Å². The molecule has 0 saturated heterocycles. The summed E-state index contributed by atoms with van der Waals surface area (Å²) in [4.78, 5) is 20.4. The molecule has 0 aliphatic carbocycles. The summed E-state index contributed by atoms with van der Waals surface area (Å²) in [5, 5.41) is 10.4. The van der Waals surface area contributed by atoms with E-state index in [4.69, 9.17) is 13.7 Å². The maximum atomic E-state index is 11.3. The van der Waals surface area contributed by atoms with Gasteiger partial charge in [-0.15, -0.1) is 0 Å². The van der Waals surface area contributed by atoms with Gasteiger partial charge in [0.2, 0.25) is 0 Å². The number of hydrogen-bond donors (Lipinski definition) is 3. The quantitative estimate of drug-likeness (QED) is 0.137. The number of rotatable bonds is 8. The van der Waals surface area contributed by atoms with Gasteiger partial charge in [0.1, 0.15) is 0 Å². The normalized spacial score (nSPS) is 14.1. The van der Waals surface area contributed by atoms with E-state index in [1.54, 1.807) is 0 Å². The first-order valence-corrected chi connectivity index (χ1v) is 9.40. The third kappa shape index (κ3) is 11.0. The van der Waals surface area contributed by atoms with Crippen LogP contribution >= 0.6 is 0 Å². The van der Waals surface area contributed by atoms with Crippen molar-refractivity contribution >= 4 is 42.9 Å². The maximum Gasteiger partial charge on any atom is 1.00 e. The van der Waals surface area contributed by atoms with Gasteiger partial charge in [-0.25, -0.2) is 8.98 Å². The Bertz CT molecular complexity index is 764. The zero-order chi connectivity index (χ0) is 20.0. The Kier molecular flexibility index (Phi) is 12.5. The average Bonchev–Trinajstić information content (AvgIpc) is 2.32. The minimum Gasteiger partial charge on any atom is -0.550 e. The van der Waals surface area contributed by atoms with E-state index in [2.05, 4.69) is 13.4 Å². The summed E-state index contributed by atoms with van der Waals surface area (Å²) in [7, 11) is -17.6. The molecule has 1 atom stereocenters. The first kappa shape index (κ1) is 29.4. The minimum atomic E-state index is -6.13. The molecule has 0 aromatic carbocycles. The molecule has 1 unspecified atom stereocenters.